The van der Waals surface area contributed by atoms with Crippen molar-refractivity contribution in [3.05, 3.63) is 60.8 Å². The Bertz CT molecular complexity index is 1330. The summed E-state index contributed by atoms with van der Waals surface area (Å²) in [5.41, 5.74) is 0. The molecular formula is C68H122O6. The normalized spacial score (nSPS) is 12.4. The molecule has 1 unspecified atom stereocenters. The first kappa shape index (κ1) is 71.1. The van der Waals surface area contributed by atoms with Crippen molar-refractivity contribution in [3.8, 4) is 0 Å². The van der Waals surface area contributed by atoms with E-state index in [1.165, 1.54) is 225 Å². The number of allylic oxidation sites excluding steroid dienone is 9. The SMILES string of the molecule is CC/C=C\C/C=C\C/C=C\C/C=C\C/C=C\CC(=O)OC(COC(=O)CCCCCCCCCCCCCCCCC)COC(=O)CCCCCCCCCCCCCCCCCCCCCCCCCCCC. The van der Waals surface area contributed by atoms with E-state index in [9.17, 15) is 14.4 Å². The zero-order chi connectivity index (χ0) is 53.6. The fourth-order valence-corrected chi connectivity index (χ4v) is 9.52. The van der Waals surface area contributed by atoms with Crippen LogP contribution in [0.2, 0.25) is 0 Å². The van der Waals surface area contributed by atoms with Crippen LogP contribution in [-0.2, 0) is 28.6 Å². The fraction of sp³-hybridized carbons (Fsp3) is 0.809. The number of carbonyl (C=O) groups excluding carboxylic acids is 3. The molecule has 6 nitrogen and oxygen atoms in total. The number of hydrogen-bond acceptors (Lipinski definition) is 6. The number of carbonyl (C=O) groups is 3. The second-order valence-corrected chi connectivity index (χ2v) is 21.7. The topological polar surface area (TPSA) is 78.9 Å². The predicted octanol–water partition coefficient (Wildman–Crippen LogP) is 21.9. The Morgan fingerprint density at radius 3 is 0.770 bits per heavy atom. The first-order valence-electron chi connectivity index (χ1n) is 32.3. The van der Waals surface area contributed by atoms with Gasteiger partial charge >= 0.3 is 17.9 Å². The molecular weight excluding hydrogens is 913 g/mol. The van der Waals surface area contributed by atoms with Gasteiger partial charge in [-0.3, -0.25) is 14.4 Å². The fourth-order valence-electron chi connectivity index (χ4n) is 9.52. The number of rotatable bonds is 59. The highest BCUT2D eigenvalue weighted by Crippen LogP contribution is 2.18. The van der Waals surface area contributed by atoms with E-state index in [4.69, 9.17) is 14.2 Å². The third kappa shape index (κ3) is 60.0. The zero-order valence-corrected chi connectivity index (χ0v) is 49.4. The molecule has 0 aliphatic carbocycles. The van der Waals surface area contributed by atoms with E-state index in [1.54, 1.807) is 6.08 Å². The Morgan fingerprint density at radius 1 is 0.284 bits per heavy atom. The first-order valence-corrected chi connectivity index (χ1v) is 32.3. The molecule has 0 fully saturated rings. The van der Waals surface area contributed by atoms with Gasteiger partial charge in [0.25, 0.3) is 0 Å². The molecule has 0 N–H and O–H groups in total. The quantitative estimate of drug-likeness (QED) is 0.0261. The Balaban J connectivity index is 4.29. The molecule has 0 bridgehead atoms. The van der Waals surface area contributed by atoms with Gasteiger partial charge < -0.3 is 14.2 Å². The van der Waals surface area contributed by atoms with E-state index in [0.717, 1.165) is 70.6 Å². The van der Waals surface area contributed by atoms with Gasteiger partial charge in [0.1, 0.15) is 13.2 Å². The van der Waals surface area contributed by atoms with Crippen LogP contribution in [0.3, 0.4) is 0 Å². The van der Waals surface area contributed by atoms with Gasteiger partial charge in [0.2, 0.25) is 0 Å². The minimum Gasteiger partial charge on any atom is -0.462 e. The van der Waals surface area contributed by atoms with Gasteiger partial charge in [-0.1, -0.05) is 332 Å². The minimum absolute atomic E-state index is 0.102. The number of esters is 3. The van der Waals surface area contributed by atoms with Crippen molar-refractivity contribution >= 4 is 17.9 Å². The average molecular weight is 1040 g/mol. The van der Waals surface area contributed by atoms with Crippen LogP contribution >= 0.6 is 0 Å². The van der Waals surface area contributed by atoms with E-state index in [1.807, 2.05) is 6.08 Å². The van der Waals surface area contributed by atoms with Gasteiger partial charge in [0, 0.05) is 12.8 Å². The molecule has 6 heteroatoms. The highest BCUT2D eigenvalue weighted by Gasteiger charge is 2.19. The molecule has 430 valence electrons. The van der Waals surface area contributed by atoms with Gasteiger partial charge in [-0.15, -0.1) is 0 Å². The van der Waals surface area contributed by atoms with Crippen molar-refractivity contribution < 1.29 is 28.6 Å². The maximum Gasteiger partial charge on any atom is 0.310 e. The zero-order valence-electron chi connectivity index (χ0n) is 49.4. The lowest BCUT2D eigenvalue weighted by Gasteiger charge is -2.18. The maximum atomic E-state index is 12.8. The molecule has 0 aliphatic heterocycles. The molecule has 0 saturated carbocycles. The maximum absolute atomic E-state index is 12.8. The molecule has 0 rings (SSSR count). The molecule has 0 aromatic carbocycles. The molecule has 0 aliphatic rings. The largest absolute Gasteiger partial charge is 0.462 e. The van der Waals surface area contributed by atoms with Gasteiger partial charge in [-0.2, -0.15) is 0 Å². The molecule has 0 aromatic heterocycles. The van der Waals surface area contributed by atoms with Crippen molar-refractivity contribution in [3.63, 3.8) is 0 Å². The molecule has 74 heavy (non-hydrogen) atoms. The van der Waals surface area contributed by atoms with Gasteiger partial charge in [0.15, 0.2) is 6.10 Å². The molecule has 0 radical (unpaired) electrons. The molecule has 0 aromatic rings. The van der Waals surface area contributed by atoms with Crippen molar-refractivity contribution in [2.75, 3.05) is 13.2 Å². The lowest BCUT2D eigenvalue weighted by atomic mass is 10.0. The van der Waals surface area contributed by atoms with Crippen LogP contribution in [0.15, 0.2) is 60.8 Å². The summed E-state index contributed by atoms with van der Waals surface area (Å²) in [6, 6.07) is 0. The highest BCUT2D eigenvalue weighted by atomic mass is 16.6. The van der Waals surface area contributed by atoms with Crippen LogP contribution in [0, 0.1) is 0 Å². The van der Waals surface area contributed by atoms with Gasteiger partial charge in [-0.25, -0.2) is 0 Å². The van der Waals surface area contributed by atoms with Crippen molar-refractivity contribution in [1.82, 2.24) is 0 Å². The Kier molecular flexibility index (Phi) is 60.2. The predicted molar refractivity (Wildman–Crippen MR) is 321 cm³/mol. The summed E-state index contributed by atoms with van der Waals surface area (Å²) >= 11 is 0. The van der Waals surface area contributed by atoms with Crippen LogP contribution < -0.4 is 0 Å². The summed E-state index contributed by atoms with van der Waals surface area (Å²) in [6.45, 7) is 6.50. The van der Waals surface area contributed by atoms with Crippen molar-refractivity contribution in [2.45, 2.75) is 341 Å². The summed E-state index contributed by atoms with van der Waals surface area (Å²) in [4.78, 5) is 38.2. The van der Waals surface area contributed by atoms with Crippen LogP contribution in [0.4, 0.5) is 0 Å². The Morgan fingerprint density at radius 2 is 0.514 bits per heavy atom. The summed E-state index contributed by atoms with van der Waals surface area (Å²) in [7, 11) is 0. The molecule has 0 spiro atoms. The average Bonchev–Trinajstić information content (AvgIpc) is 3.40. The van der Waals surface area contributed by atoms with E-state index in [0.29, 0.717) is 12.8 Å². The second kappa shape index (κ2) is 62.6. The standard InChI is InChI=1S/C68H122O6/c1-4-7-10-13-16-19-22-25-28-29-30-31-32-33-34-35-36-37-38-41-43-46-49-52-55-58-61-67(70)73-64-65(74-68(71)62-59-56-53-50-47-44-40-27-24-21-18-15-12-9-6-3)63-72-66(69)60-57-54-51-48-45-42-39-26-23-20-17-14-11-8-5-2/h9,12,18,21,27,40,47,50,56,59,65H,4-8,10-11,13-17,19-20,22-26,28-39,41-46,48-49,51-55,57-58,60-64H2,1-3H3/b12-9-,21-18-,40-27-,50-47-,59-56-. The summed E-state index contributed by atoms with van der Waals surface area (Å²) < 4.78 is 16.8. The number of ether oxygens (including phenoxy) is 3. The van der Waals surface area contributed by atoms with Gasteiger partial charge in [-0.05, 0) is 44.9 Å². The van der Waals surface area contributed by atoms with Gasteiger partial charge in [0.05, 0.1) is 6.42 Å². The third-order valence-corrected chi connectivity index (χ3v) is 14.3. The first-order chi connectivity index (χ1) is 36.5. The van der Waals surface area contributed by atoms with E-state index >= 15 is 0 Å². The molecule has 0 saturated heterocycles. The number of hydrogen-bond donors (Lipinski definition) is 0. The van der Waals surface area contributed by atoms with Crippen LogP contribution in [0.25, 0.3) is 0 Å². The summed E-state index contributed by atoms with van der Waals surface area (Å²) in [5.74, 6) is -1.02. The van der Waals surface area contributed by atoms with E-state index in [2.05, 4.69) is 69.4 Å². The lowest BCUT2D eigenvalue weighted by molar-refractivity contribution is -0.166. The van der Waals surface area contributed by atoms with E-state index < -0.39 is 12.1 Å². The highest BCUT2D eigenvalue weighted by molar-refractivity contribution is 5.72. The van der Waals surface area contributed by atoms with Crippen molar-refractivity contribution in [2.24, 2.45) is 0 Å². The van der Waals surface area contributed by atoms with E-state index in [-0.39, 0.29) is 31.6 Å². The summed E-state index contributed by atoms with van der Waals surface area (Å²) in [6.07, 6.45) is 79.9. The van der Waals surface area contributed by atoms with Crippen LogP contribution in [0.5, 0.6) is 0 Å². The Labute approximate surface area is 460 Å². The Hall–Kier alpha value is -2.89. The number of unbranched alkanes of at least 4 members (excludes halogenated alkanes) is 39. The second-order valence-electron chi connectivity index (χ2n) is 21.7. The third-order valence-electron chi connectivity index (χ3n) is 14.3. The smallest absolute Gasteiger partial charge is 0.310 e. The molecule has 0 amide bonds. The summed E-state index contributed by atoms with van der Waals surface area (Å²) in [5, 5.41) is 0. The molecule has 0 heterocycles. The van der Waals surface area contributed by atoms with Crippen LogP contribution in [0.1, 0.15) is 335 Å². The monoisotopic (exact) mass is 1030 g/mol. The van der Waals surface area contributed by atoms with Crippen molar-refractivity contribution in [1.29, 1.82) is 0 Å². The lowest BCUT2D eigenvalue weighted by Crippen LogP contribution is -2.30. The minimum atomic E-state index is -0.826. The van der Waals surface area contributed by atoms with Crippen LogP contribution in [-0.4, -0.2) is 37.2 Å². The molecule has 1 atom stereocenters.